The Morgan fingerprint density at radius 2 is 0.809 bits per heavy atom. The zero-order valence-electron chi connectivity index (χ0n) is 32.1. The highest BCUT2D eigenvalue weighted by Gasteiger charge is 2.20. The molecule has 0 aromatic heterocycles. The fraction of sp³-hybridized carbons (Fsp3) is 0.930. The summed E-state index contributed by atoms with van der Waals surface area (Å²) in [6, 6.07) is -0.533. The number of aliphatic hydroxyl groups is 2. The molecule has 0 aliphatic rings. The van der Waals surface area contributed by atoms with E-state index in [0.29, 0.717) is 12.8 Å². The van der Waals surface area contributed by atoms with Crippen molar-refractivity contribution in [1.29, 1.82) is 0 Å². The van der Waals surface area contributed by atoms with Crippen molar-refractivity contribution in [1.82, 2.24) is 5.32 Å². The molecule has 0 aliphatic heterocycles. The summed E-state index contributed by atoms with van der Waals surface area (Å²) in [7, 11) is 0. The third-order valence-electron chi connectivity index (χ3n) is 10.0. The molecule has 0 heterocycles. The first kappa shape index (κ1) is 46.1. The van der Waals surface area contributed by atoms with E-state index in [1.165, 1.54) is 186 Å². The molecule has 0 rings (SSSR count). The lowest BCUT2D eigenvalue weighted by molar-refractivity contribution is -0.123. The van der Waals surface area contributed by atoms with Crippen LogP contribution < -0.4 is 5.32 Å². The van der Waals surface area contributed by atoms with Crippen LogP contribution in [0.5, 0.6) is 0 Å². The van der Waals surface area contributed by atoms with E-state index in [1.807, 2.05) is 0 Å². The van der Waals surface area contributed by atoms with Crippen LogP contribution in [0.25, 0.3) is 0 Å². The highest BCUT2D eigenvalue weighted by Crippen LogP contribution is 2.16. The van der Waals surface area contributed by atoms with E-state index in [9.17, 15) is 15.0 Å². The Balaban J connectivity index is 3.50. The molecule has 3 N–H and O–H groups in total. The van der Waals surface area contributed by atoms with Gasteiger partial charge in [-0.05, 0) is 38.5 Å². The average molecular weight is 664 g/mol. The number of carbonyl (C=O) groups is 1. The van der Waals surface area contributed by atoms with E-state index in [-0.39, 0.29) is 12.5 Å². The third kappa shape index (κ3) is 36.2. The van der Waals surface area contributed by atoms with Crippen LogP contribution in [-0.2, 0) is 4.79 Å². The van der Waals surface area contributed by atoms with E-state index in [4.69, 9.17) is 0 Å². The standard InChI is InChI=1S/C43H85NO3/c1-3-5-7-9-11-13-15-17-19-20-21-22-23-24-25-27-29-31-33-35-37-39-43(47)44-41(40-45)42(46)38-36-34-32-30-28-26-18-16-14-12-10-8-6-4-2/h20-21,41-42,45-46H,3-19,22-40H2,1-2H3,(H,44,47)/b21-20-. The van der Waals surface area contributed by atoms with Crippen LogP contribution in [-0.4, -0.2) is 34.9 Å². The molecule has 1 amide bonds. The van der Waals surface area contributed by atoms with Gasteiger partial charge >= 0.3 is 0 Å². The lowest BCUT2D eigenvalue weighted by Crippen LogP contribution is -2.45. The van der Waals surface area contributed by atoms with Gasteiger partial charge in [-0.2, -0.15) is 0 Å². The van der Waals surface area contributed by atoms with Gasteiger partial charge < -0.3 is 15.5 Å². The third-order valence-corrected chi connectivity index (χ3v) is 10.0. The lowest BCUT2D eigenvalue weighted by Gasteiger charge is -2.22. The SMILES string of the molecule is CCCCCCCCCC/C=C\CCCCCCCCCCCC(=O)NC(CO)C(O)CCCCCCCCCCCCCCCC. The van der Waals surface area contributed by atoms with E-state index in [2.05, 4.69) is 31.3 Å². The predicted molar refractivity (Wildman–Crippen MR) is 207 cm³/mol. The van der Waals surface area contributed by atoms with Gasteiger partial charge in [-0.25, -0.2) is 0 Å². The fourth-order valence-electron chi connectivity index (χ4n) is 6.71. The predicted octanol–water partition coefficient (Wildman–Crippen LogP) is 13.1. The summed E-state index contributed by atoms with van der Waals surface area (Å²) < 4.78 is 0. The molecule has 0 saturated heterocycles. The molecule has 0 radical (unpaired) electrons. The molecule has 2 atom stereocenters. The van der Waals surface area contributed by atoms with Gasteiger partial charge in [0, 0.05) is 6.42 Å². The van der Waals surface area contributed by atoms with Crippen molar-refractivity contribution in [3.05, 3.63) is 12.2 Å². The zero-order valence-corrected chi connectivity index (χ0v) is 32.1. The topological polar surface area (TPSA) is 69.6 Å². The molecule has 47 heavy (non-hydrogen) atoms. The average Bonchev–Trinajstić information content (AvgIpc) is 3.07. The molecule has 4 heteroatoms. The second kappa shape index (κ2) is 39.6. The molecule has 0 saturated carbocycles. The van der Waals surface area contributed by atoms with Crippen LogP contribution in [0, 0.1) is 0 Å². The minimum Gasteiger partial charge on any atom is -0.394 e. The molecule has 0 bridgehead atoms. The number of hydrogen-bond donors (Lipinski definition) is 3. The molecule has 0 spiro atoms. The highest BCUT2D eigenvalue weighted by molar-refractivity contribution is 5.76. The molecule has 280 valence electrons. The number of unbranched alkanes of at least 4 members (excludes halogenated alkanes) is 30. The van der Waals surface area contributed by atoms with Crippen molar-refractivity contribution in [2.45, 2.75) is 251 Å². The van der Waals surface area contributed by atoms with Gasteiger partial charge in [-0.1, -0.05) is 206 Å². The molecular formula is C43H85NO3. The monoisotopic (exact) mass is 664 g/mol. The van der Waals surface area contributed by atoms with E-state index in [1.54, 1.807) is 0 Å². The van der Waals surface area contributed by atoms with Gasteiger partial charge in [0.15, 0.2) is 0 Å². The Morgan fingerprint density at radius 3 is 1.17 bits per heavy atom. The number of amides is 1. The van der Waals surface area contributed by atoms with Crippen LogP contribution in [0.3, 0.4) is 0 Å². The van der Waals surface area contributed by atoms with Crippen LogP contribution in [0.2, 0.25) is 0 Å². The summed E-state index contributed by atoms with van der Waals surface area (Å²) in [6.45, 7) is 4.37. The molecule has 0 fully saturated rings. The smallest absolute Gasteiger partial charge is 0.220 e. The number of nitrogens with one attached hydrogen (secondary N) is 1. The Kier molecular flexibility index (Phi) is 38.8. The molecule has 0 aliphatic carbocycles. The number of rotatable bonds is 39. The van der Waals surface area contributed by atoms with Crippen molar-refractivity contribution in [3.8, 4) is 0 Å². The van der Waals surface area contributed by atoms with Crippen molar-refractivity contribution < 1.29 is 15.0 Å². The van der Waals surface area contributed by atoms with E-state index in [0.717, 1.165) is 25.7 Å². The largest absolute Gasteiger partial charge is 0.394 e. The summed E-state index contributed by atoms with van der Waals surface area (Å²) in [5, 5.41) is 23.1. The lowest BCUT2D eigenvalue weighted by atomic mass is 10.0. The number of aliphatic hydroxyl groups excluding tert-OH is 2. The van der Waals surface area contributed by atoms with Crippen molar-refractivity contribution in [2.75, 3.05) is 6.61 Å². The molecular weight excluding hydrogens is 578 g/mol. The number of carbonyl (C=O) groups excluding carboxylic acids is 1. The van der Waals surface area contributed by atoms with Crippen LogP contribution in [0.4, 0.5) is 0 Å². The first-order chi connectivity index (χ1) is 23.2. The Hall–Kier alpha value is -0.870. The van der Waals surface area contributed by atoms with Gasteiger partial charge in [0.05, 0.1) is 18.8 Å². The van der Waals surface area contributed by atoms with Crippen LogP contribution in [0.15, 0.2) is 12.2 Å². The van der Waals surface area contributed by atoms with Crippen LogP contribution in [0.1, 0.15) is 239 Å². The molecule has 0 aromatic carbocycles. The summed E-state index contributed by atoms with van der Waals surface area (Å²) in [6.07, 6.45) is 48.5. The second-order valence-electron chi connectivity index (χ2n) is 14.8. The van der Waals surface area contributed by atoms with Gasteiger partial charge in [-0.3, -0.25) is 4.79 Å². The minimum absolute atomic E-state index is 0.0316. The van der Waals surface area contributed by atoms with Gasteiger partial charge in [0.1, 0.15) is 0 Å². The van der Waals surface area contributed by atoms with Crippen molar-refractivity contribution in [2.24, 2.45) is 0 Å². The maximum Gasteiger partial charge on any atom is 0.220 e. The molecule has 2 unspecified atom stereocenters. The number of allylic oxidation sites excluding steroid dienone is 2. The first-order valence-electron chi connectivity index (χ1n) is 21.4. The quantitative estimate of drug-likeness (QED) is 0.0453. The summed E-state index contributed by atoms with van der Waals surface area (Å²) in [5.41, 5.74) is 0. The minimum atomic E-state index is -0.656. The summed E-state index contributed by atoms with van der Waals surface area (Å²) in [4.78, 5) is 12.4. The summed E-state index contributed by atoms with van der Waals surface area (Å²) >= 11 is 0. The Morgan fingerprint density at radius 1 is 0.489 bits per heavy atom. The maximum atomic E-state index is 12.4. The zero-order chi connectivity index (χ0) is 34.3. The van der Waals surface area contributed by atoms with Gasteiger partial charge in [0.2, 0.25) is 5.91 Å². The second-order valence-corrected chi connectivity index (χ2v) is 14.8. The van der Waals surface area contributed by atoms with Gasteiger partial charge in [0.25, 0.3) is 0 Å². The van der Waals surface area contributed by atoms with E-state index < -0.39 is 12.1 Å². The Bertz CT molecular complexity index is 637. The van der Waals surface area contributed by atoms with Crippen LogP contribution >= 0.6 is 0 Å². The molecule has 0 aromatic rings. The normalized spacial score (nSPS) is 13.0. The van der Waals surface area contributed by atoms with E-state index >= 15 is 0 Å². The maximum absolute atomic E-state index is 12.4. The number of hydrogen-bond acceptors (Lipinski definition) is 3. The Labute approximate surface area is 295 Å². The molecule has 4 nitrogen and oxygen atoms in total. The van der Waals surface area contributed by atoms with Crippen molar-refractivity contribution >= 4 is 5.91 Å². The first-order valence-corrected chi connectivity index (χ1v) is 21.4. The van der Waals surface area contributed by atoms with Gasteiger partial charge in [-0.15, -0.1) is 0 Å². The summed E-state index contributed by atoms with van der Waals surface area (Å²) in [5.74, 6) is -0.0316. The highest BCUT2D eigenvalue weighted by atomic mass is 16.3. The fourth-order valence-corrected chi connectivity index (χ4v) is 6.71. The van der Waals surface area contributed by atoms with Crippen molar-refractivity contribution in [3.63, 3.8) is 0 Å².